The standard InChI is InChI=1S/C20H19N3O4/c1-14(13-22-15(2)21-12-19(22)23(25)26)27-20(24)11-10-17-8-5-7-16-6-3-4-9-18(16)17/h3-12,14H,13H2,1-2H3/b11-10+. The number of imidazole rings is 1. The van der Waals surface area contributed by atoms with E-state index in [9.17, 15) is 14.9 Å². The maximum atomic E-state index is 12.1. The molecule has 0 aliphatic heterocycles. The minimum atomic E-state index is -0.540. The fourth-order valence-electron chi connectivity index (χ4n) is 2.91. The van der Waals surface area contributed by atoms with Gasteiger partial charge in [-0.15, -0.1) is 0 Å². The Hall–Kier alpha value is -3.48. The van der Waals surface area contributed by atoms with E-state index < -0.39 is 17.0 Å². The summed E-state index contributed by atoms with van der Waals surface area (Å²) in [4.78, 5) is 26.6. The van der Waals surface area contributed by atoms with E-state index in [4.69, 9.17) is 4.74 Å². The smallest absolute Gasteiger partial charge is 0.342 e. The maximum absolute atomic E-state index is 12.1. The molecule has 1 atom stereocenters. The summed E-state index contributed by atoms with van der Waals surface area (Å²) in [7, 11) is 0. The monoisotopic (exact) mass is 365 g/mol. The van der Waals surface area contributed by atoms with Crippen molar-refractivity contribution in [1.29, 1.82) is 0 Å². The largest absolute Gasteiger partial charge is 0.455 e. The molecule has 0 fully saturated rings. The number of hydrogen-bond acceptors (Lipinski definition) is 5. The fraction of sp³-hybridized carbons (Fsp3) is 0.200. The van der Waals surface area contributed by atoms with Crippen molar-refractivity contribution >= 4 is 28.6 Å². The molecule has 3 rings (SSSR count). The predicted molar refractivity (Wildman–Crippen MR) is 102 cm³/mol. The van der Waals surface area contributed by atoms with Crippen LogP contribution in [0.1, 0.15) is 18.3 Å². The van der Waals surface area contributed by atoms with Gasteiger partial charge < -0.3 is 14.9 Å². The van der Waals surface area contributed by atoms with Gasteiger partial charge >= 0.3 is 11.8 Å². The van der Waals surface area contributed by atoms with E-state index in [1.807, 2.05) is 42.5 Å². The van der Waals surface area contributed by atoms with Crippen LogP contribution >= 0.6 is 0 Å². The van der Waals surface area contributed by atoms with E-state index in [1.54, 1.807) is 19.9 Å². The Labute approximate surface area is 156 Å². The minimum Gasteiger partial charge on any atom is -0.455 e. The zero-order valence-corrected chi connectivity index (χ0v) is 15.0. The van der Waals surface area contributed by atoms with Crippen LogP contribution in [0.25, 0.3) is 16.8 Å². The van der Waals surface area contributed by atoms with Crippen molar-refractivity contribution in [2.75, 3.05) is 0 Å². The SMILES string of the molecule is Cc1ncc([N+](=O)[O-])n1CC(C)OC(=O)/C=C/c1cccc2ccccc12. The molecule has 7 heteroatoms. The molecule has 0 amide bonds. The van der Waals surface area contributed by atoms with Crippen LogP contribution in [0.3, 0.4) is 0 Å². The lowest BCUT2D eigenvalue weighted by atomic mass is 10.0. The zero-order valence-electron chi connectivity index (χ0n) is 15.0. The normalized spacial score (nSPS) is 12.4. The molecule has 0 saturated heterocycles. The second kappa shape index (κ2) is 7.82. The fourth-order valence-corrected chi connectivity index (χ4v) is 2.91. The molecule has 1 aromatic heterocycles. The van der Waals surface area contributed by atoms with Gasteiger partial charge in [0.1, 0.15) is 18.8 Å². The summed E-state index contributed by atoms with van der Waals surface area (Å²) in [5.41, 5.74) is 0.916. The van der Waals surface area contributed by atoms with Crippen LogP contribution in [0.4, 0.5) is 5.82 Å². The van der Waals surface area contributed by atoms with Gasteiger partial charge in [-0.25, -0.2) is 14.3 Å². The number of ether oxygens (including phenoxy) is 1. The summed E-state index contributed by atoms with van der Waals surface area (Å²) < 4.78 is 6.77. The summed E-state index contributed by atoms with van der Waals surface area (Å²) in [6.45, 7) is 3.52. The molecule has 138 valence electrons. The molecule has 0 aliphatic carbocycles. The van der Waals surface area contributed by atoms with Crippen molar-refractivity contribution in [2.45, 2.75) is 26.5 Å². The number of nitro groups is 1. The molecule has 0 saturated carbocycles. The first-order valence-corrected chi connectivity index (χ1v) is 8.48. The Morgan fingerprint density at radius 2 is 2.04 bits per heavy atom. The molecule has 0 aliphatic rings. The highest BCUT2D eigenvalue weighted by molar-refractivity contribution is 5.94. The van der Waals surface area contributed by atoms with Crippen molar-refractivity contribution in [1.82, 2.24) is 9.55 Å². The Morgan fingerprint density at radius 1 is 1.30 bits per heavy atom. The Kier molecular flexibility index (Phi) is 5.30. The van der Waals surface area contributed by atoms with Gasteiger partial charge in [0.15, 0.2) is 5.82 Å². The molecule has 0 N–H and O–H groups in total. The molecule has 0 spiro atoms. The molecule has 0 bridgehead atoms. The number of aryl methyl sites for hydroxylation is 1. The highest BCUT2D eigenvalue weighted by atomic mass is 16.6. The van der Waals surface area contributed by atoms with Crippen LogP contribution in [0, 0.1) is 17.0 Å². The zero-order chi connectivity index (χ0) is 19.4. The van der Waals surface area contributed by atoms with Crippen LogP contribution in [0.15, 0.2) is 54.7 Å². The average Bonchev–Trinajstić information content (AvgIpc) is 3.00. The number of aromatic nitrogens is 2. The number of hydrogen-bond donors (Lipinski definition) is 0. The number of carbonyl (C=O) groups is 1. The van der Waals surface area contributed by atoms with E-state index in [0.717, 1.165) is 16.3 Å². The summed E-state index contributed by atoms with van der Waals surface area (Å²) in [5.74, 6) is -0.131. The second-order valence-electron chi connectivity index (χ2n) is 6.18. The molecular formula is C20H19N3O4. The van der Waals surface area contributed by atoms with E-state index in [2.05, 4.69) is 4.98 Å². The van der Waals surface area contributed by atoms with Gasteiger partial charge in [-0.05, 0) is 34.3 Å². The third kappa shape index (κ3) is 4.20. The maximum Gasteiger partial charge on any atom is 0.342 e. The van der Waals surface area contributed by atoms with Crippen molar-refractivity contribution < 1.29 is 14.5 Å². The Morgan fingerprint density at radius 3 is 2.81 bits per heavy atom. The van der Waals surface area contributed by atoms with Crippen LogP contribution in [-0.2, 0) is 16.1 Å². The van der Waals surface area contributed by atoms with E-state index in [-0.39, 0.29) is 12.4 Å². The molecule has 1 heterocycles. The van der Waals surface area contributed by atoms with Gasteiger partial charge in [-0.3, -0.25) is 0 Å². The van der Waals surface area contributed by atoms with Gasteiger partial charge in [0, 0.05) is 13.0 Å². The summed E-state index contributed by atoms with van der Waals surface area (Å²) in [5, 5.41) is 13.2. The van der Waals surface area contributed by atoms with Crippen molar-refractivity contribution in [2.24, 2.45) is 0 Å². The summed E-state index contributed by atoms with van der Waals surface area (Å²) in [6, 6.07) is 13.8. The van der Waals surface area contributed by atoms with Crippen LogP contribution < -0.4 is 0 Å². The average molecular weight is 365 g/mol. The molecular weight excluding hydrogens is 346 g/mol. The Bertz CT molecular complexity index is 1020. The van der Waals surface area contributed by atoms with Gasteiger partial charge in [0.2, 0.25) is 0 Å². The van der Waals surface area contributed by atoms with Gasteiger partial charge in [0.25, 0.3) is 0 Å². The molecule has 3 aromatic rings. The van der Waals surface area contributed by atoms with Crippen molar-refractivity contribution in [3.8, 4) is 0 Å². The van der Waals surface area contributed by atoms with Gasteiger partial charge in [-0.1, -0.05) is 42.5 Å². The lowest BCUT2D eigenvalue weighted by Crippen LogP contribution is -2.21. The van der Waals surface area contributed by atoms with E-state index in [0.29, 0.717) is 5.82 Å². The minimum absolute atomic E-state index is 0.123. The topological polar surface area (TPSA) is 87.3 Å². The van der Waals surface area contributed by atoms with E-state index >= 15 is 0 Å². The summed E-state index contributed by atoms with van der Waals surface area (Å²) in [6.07, 6.45) is 3.74. The molecule has 27 heavy (non-hydrogen) atoms. The predicted octanol–water partition coefficient (Wildman–Crippen LogP) is 3.90. The lowest BCUT2D eigenvalue weighted by Gasteiger charge is -2.11. The van der Waals surface area contributed by atoms with Crippen molar-refractivity contribution in [3.05, 3.63) is 76.2 Å². The van der Waals surface area contributed by atoms with Crippen LogP contribution in [0.5, 0.6) is 0 Å². The highest BCUT2D eigenvalue weighted by Gasteiger charge is 2.21. The van der Waals surface area contributed by atoms with Gasteiger partial charge in [-0.2, -0.15) is 0 Å². The third-order valence-electron chi connectivity index (χ3n) is 4.20. The quantitative estimate of drug-likeness (QED) is 0.286. The molecule has 1 unspecified atom stereocenters. The van der Waals surface area contributed by atoms with Crippen LogP contribution in [0.2, 0.25) is 0 Å². The van der Waals surface area contributed by atoms with Crippen LogP contribution in [-0.4, -0.2) is 26.5 Å². The lowest BCUT2D eigenvalue weighted by molar-refractivity contribution is -0.392. The van der Waals surface area contributed by atoms with E-state index in [1.165, 1.54) is 16.8 Å². The number of carbonyl (C=O) groups excluding carboxylic acids is 1. The number of fused-ring (bicyclic) bond motifs is 1. The first-order chi connectivity index (χ1) is 13.0. The Balaban J connectivity index is 1.68. The molecule has 0 radical (unpaired) electrons. The first kappa shape index (κ1) is 18.3. The molecule has 2 aromatic carbocycles. The molecule has 7 nitrogen and oxygen atoms in total. The number of nitrogens with zero attached hydrogens (tertiary/aromatic N) is 3. The number of benzene rings is 2. The number of esters is 1. The highest BCUT2D eigenvalue weighted by Crippen LogP contribution is 2.20. The van der Waals surface area contributed by atoms with Crippen molar-refractivity contribution in [3.63, 3.8) is 0 Å². The summed E-state index contributed by atoms with van der Waals surface area (Å²) >= 11 is 0. The van der Waals surface area contributed by atoms with Gasteiger partial charge in [0.05, 0.1) is 0 Å². The number of rotatable bonds is 6. The third-order valence-corrected chi connectivity index (χ3v) is 4.20. The first-order valence-electron chi connectivity index (χ1n) is 8.48. The second-order valence-corrected chi connectivity index (χ2v) is 6.18.